The lowest BCUT2D eigenvalue weighted by molar-refractivity contribution is -0.111. The van der Waals surface area contributed by atoms with Gasteiger partial charge in [-0.25, -0.2) is 0 Å². The molecule has 1 heterocycles. The molecule has 0 aromatic carbocycles. The van der Waals surface area contributed by atoms with Crippen LogP contribution in [0.1, 0.15) is 5.56 Å². The molecule has 0 bridgehead atoms. The first-order valence-corrected chi connectivity index (χ1v) is 3.24. The lowest BCUT2D eigenvalue weighted by Gasteiger charge is -1.91. The number of nitrogens with zero attached hydrogens (tertiary/aromatic N) is 1. The predicted molar refractivity (Wildman–Crippen MR) is 46.0 cm³/mol. The van der Waals surface area contributed by atoms with Crippen molar-refractivity contribution >= 4 is 29.3 Å². The highest BCUT2D eigenvalue weighted by molar-refractivity contribution is 6.63. The van der Waals surface area contributed by atoms with E-state index in [2.05, 4.69) is 4.98 Å². The van der Waals surface area contributed by atoms with E-state index in [1.54, 1.807) is 24.5 Å². The molecule has 1 rings (SSSR count). The summed E-state index contributed by atoms with van der Waals surface area (Å²) >= 11 is 5.15. The minimum atomic E-state index is -0.341. The minimum Gasteiger partial charge on any atom is -0.281 e. The van der Waals surface area contributed by atoms with Gasteiger partial charge in [-0.1, -0.05) is 0 Å². The van der Waals surface area contributed by atoms with Crippen molar-refractivity contribution in [1.29, 1.82) is 0 Å². The Labute approximate surface area is 76.0 Å². The van der Waals surface area contributed by atoms with Crippen molar-refractivity contribution < 1.29 is 4.79 Å². The molecule has 1 aromatic rings. The van der Waals surface area contributed by atoms with Crippen molar-refractivity contribution in [1.82, 2.24) is 4.98 Å². The van der Waals surface area contributed by atoms with Gasteiger partial charge >= 0.3 is 0 Å². The summed E-state index contributed by atoms with van der Waals surface area (Å²) < 4.78 is 0. The van der Waals surface area contributed by atoms with E-state index in [0.717, 1.165) is 5.56 Å². The molecule has 0 saturated carbocycles. The monoisotopic (exact) mass is 191 g/mol. The van der Waals surface area contributed by atoms with Gasteiger partial charge in [-0.05, 0) is 29.3 Å². The molecule has 0 spiro atoms. The molecule has 0 amide bonds. The fraction of sp³-hybridized carbons (Fsp3) is 0.143. The van der Waals surface area contributed by atoms with E-state index in [9.17, 15) is 4.79 Å². The van der Waals surface area contributed by atoms with Crippen LogP contribution in [0.25, 0.3) is 0 Å². The molecule has 0 unspecified atom stereocenters. The summed E-state index contributed by atoms with van der Waals surface area (Å²) in [5.74, 6) is 0. The van der Waals surface area contributed by atoms with Gasteiger partial charge in [0.25, 0.3) is 0 Å². The van der Waals surface area contributed by atoms with Crippen LogP contribution in [0, 0.1) is 0 Å². The lowest BCUT2D eigenvalue weighted by atomic mass is 10.2. The second kappa shape index (κ2) is 5.10. The van der Waals surface area contributed by atoms with E-state index in [1.807, 2.05) is 0 Å². The average molecular weight is 192 g/mol. The predicted octanol–water partition coefficient (Wildman–Crippen LogP) is 1.81. The number of carbonyl (C=O) groups excluding carboxylic acids is 1. The Bertz CT molecular complexity index is 225. The third kappa shape index (κ3) is 3.96. The average Bonchev–Trinajstić information content (AvgIpc) is 1.88. The topological polar surface area (TPSA) is 30.0 Å². The zero-order valence-corrected chi connectivity index (χ0v) is 7.23. The number of carbonyl (C=O) groups is 1. The van der Waals surface area contributed by atoms with Gasteiger partial charge in [-0.15, -0.1) is 12.4 Å². The summed E-state index contributed by atoms with van der Waals surface area (Å²) in [5.41, 5.74) is 0.898. The van der Waals surface area contributed by atoms with Crippen LogP contribution in [-0.4, -0.2) is 10.2 Å². The zero-order valence-electron chi connectivity index (χ0n) is 5.66. The first-order chi connectivity index (χ1) is 4.79. The Morgan fingerprint density at radius 3 is 2.45 bits per heavy atom. The highest BCUT2D eigenvalue weighted by Gasteiger charge is 1.96. The third-order valence-corrected chi connectivity index (χ3v) is 1.23. The Hall–Kier alpha value is -0.600. The Morgan fingerprint density at radius 2 is 2.00 bits per heavy atom. The Kier molecular flexibility index (Phi) is 4.83. The smallest absolute Gasteiger partial charge is 0.226 e. The second-order valence-electron chi connectivity index (χ2n) is 1.89. The van der Waals surface area contributed by atoms with E-state index in [1.165, 1.54) is 0 Å². The molecule has 0 aliphatic carbocycles. The molecule has 0 radical (unpaired) electrons. The highest BCUT2D eigenvalue weighted by Crippen LogP contribution is 1.99. The van der Waals surface area contributed by atoms with Gasteiger partial charge in [0.05, 0.1) is 0 Å². The van der Waals surface area contributed by atoms with Crippen molar-refractivity contribution in [3.8, 4) is 0 Å². The molecular weight excluding hydrogens is 185 g/mol. The molecule has 11 heavy (non-hydrogen) atoms. The van der Waals surface area contributed by atoms with E-state index < -0.39 is 0 Å². The lowest BCUT2D eigenvalue weighted by Crippen LogP contribution is -1.92. The number of hydrogen-bond donors (Lipinski definition) is 0. The van der Waals surface area contributed by atoms with E-state index in [4.69, 9.17) is 11.6 Å². The van der Waals surface area contributed by atoms with Gasteiger partial charge in [-0.2, -0.15) is 0 Å². The molecule has 1 aromatic heterocycles. The largest absolute Gasteiger partial charge is 0.281 e. The van der Waals surface area contributed by atoms with Crippen molar-refractivity contribution in [2.24, 2.45) is 0 Å². The summed E-state index contributed by atoms with van der Waals surface area (Å²) in [5, 5.41) is -0.341. The van der Waals surface area contributed by atoms with E-state index in [0.29, 0.717) is 0 Å². The van der Waals surface area contributed by atoms with Crippen LogP contribution in [0.5, 0.6) is 0 Å². The maximum atomic E-state index is 10.4. The third-order valence-electron chi connectivity index (χ3n) is 1.09. The van der Waals surface area contributed by atoms with Gasteiger partial charge in [-0.3, -0.25) is 9.78 Å². The summed E-state index contributed by atoms with van der Waals surface area (Å²) in [6.07, 6.45) is 3.55. The maximum Gasteiger partial charge on any atom is 0.226 e. The Balaban J connectivity index is 0.000001000. The number of pyridine rings is 1. The van der Waals surface area contributed by atoms with Crippen LogP contribution in [0.4, 0.5) is 0 Å². The molecule has 0 aliphatic rings. The van der Waals surface area contributed by atoms with Gasteiger partial charge in [0.1, 0.15) is 0 Å². The summed E-state index contributed by atoms with van der Waals surface area (Å²) in [7, 11) is 0. The highest BCUT2D eigenvalue weighted by atomic mass is 35.5. The first-order valence-electron chi connectivity index (χ1n) is 2.86. The second-order valence-corrected chi connectivity index (χ2v) is 2.31. The van der Waals surface area contributed by atoms with Crippen LogP contribution in [0.3, 0.4) is 0 Å². The van der Waals surface area contributed by atoms with Gasteiger partial charge in [0.15, 0.2) is 0 Å². The standard InChI is InChI=1S/C7H6ClNO.ClH/c8-7(10)5-6-1-3-9-4-2-6;/h1-4H,5H2;1H. The van der Waals surface area contributed by atoms with Gasteiger partial charge in [0, 0.05) is 18.8 Å². The molecule has 60 valence electrons. The molecule has 0 saturated heterocycles. The van der Waals surface area contributed by atoms with Gasteiger partial charge < -0.3 is 0 Å². The molecule has 0 aliphatic heterocycles. The molecule has 2 nitrogen and oxygen atoms in total. The quantitative estimate of drug-likeness (QED) is 0.668. The minimum absolute atomic E-state index is 0. The van der Waals surface area contributed by atoms with Crippen molar-refractivity contribution in [3.05, 3.63) is 30.1 Å². The molecule has 4 heteroatoms. The number of hydrogen-bond acceptors (Lipinski definition) is 2. The zero-order chi connectivity index (χ0) is 7.40. The molecule has 0 N–H and O–H groups in total. The van der Waals surface area contributed by atoms with Crippen LogP contribution in [-0.2, 0) is 11.2 Å². The van der Waals surface area contributed by atoms with Crippen molar-refractivity contribution in [2.75, 3.05) is 0 Å². The van der Waals surface area contributed by atoms with E-state index >= 15 is 0 Å². The SMILES string of the molecule is Cl.O=C(Cl)Cc1ccncc1. The fourth-order valence-electron chi connectivity index (χ4n) is 0.661. The number of aromatic nitrogens is 1. The van der Waals surface area contributed by atoms with Crippen LogP contribution < -0.4 is 0 Å². The van der Waals surface area contributed by atoms with E-state index in [-0.39, 0.29) is 24.1 Å². The number of halogens is 2. The normalized spacial score (nSPS) is 8.45. The van der Waals surface area contributed by atoms with Crippen LogP contribution >= 0.6 is 24.0 Å². The van der Waals surface area contributed by atoms with Crippen molar-refractivity contribution in [2.45, 2.75) is 6.42 Å². The first kappa shape index (κ1) is 10.4. The molecule has 0 fully saturated rings. The summed E-state index contributed by atoms with van der Waals surface area (Å²) in [6.45, 7) is 0. The Morgan fingerprint density at radius 1 is 1.45 bits per heavy atom. The van der Waals surface area contributed by atoms with Crippen LogP contribution in [0.2, 0.25) is 0 Å². The maximum absolute atomic E-state index is 10.4. The van der Waals surface area contributed by atoms with Crippen LogP contribution in [0.15, 0.2) is 24.5 Å². The van der Waals surface area contributed by atoms with Crippen molar-refractivity contribution in [3.63, 3.8) is 0 Å². The van der Waals surface area contributed by atoms with Gasteiger partial charge in [0.2, 0.25) is 5.24 Å². The molecule has 0 atom stereocenters. The fourth-order valence-corrected chi connectivity index (χ4v) is 0.815. The summed E-state index contributed by atoms with van der Waals surface area (Å²) in [6, 6.07) is 3.53. The molecular formula is C7H7Cl2NO. The summed E-state index contributed by atoms with van der Waals surface area (Å²) in [4.78, 5) is 14.2. The number of rotatable bonds is 2.